The van der Waals surface area contributed by atoms with Gasteiger partial charge in [-0.25, -0.2) is 4.79 Å². The normalized spacial score (nSPS) is 22.1. The minimum Gasteiger partial charge on any atom is -0.478 e. The molecule has 5 nitrogen and oxygen atoms in total. The highest BCUT2D eigenvalue weighted by atomic mass is 16.4. The highest BCUT2D eigenvalue weighted by Crippen LogP contribution is 2.27. The van der Waals surface area contributed by atoms with Crippen LogP contribution in [0.3, 0.4) is 0 Å². The second-order valence-corrected chi connectivity index (χ2v) is 7.72. The van der Waals surface area contributed by atoms with Gasteiger partial charge in [-0.1, -0.05) is 31.4 Å². The third-order valence-corrected chi connectivity index (χ3v) is 5.76. The number of rotatable bonds is 6. The van der Waals surface area contributed by atoms with Crippen LogP contribution in [0.4, 0.5) is 0 Å². The minimum atomic E-state index is -0.884. The van der Waals surface area contributed by atoms with Crippen molar-refractivity contribution in [1.82, 2.24) is 10.2 Å². The molecule has 1 aromatic rings. The largest absolute Gasteiger partial charge is 0.478 e. The lowest BCUT2D eigenvalue weighted by atomic mass is 9.90. The fourth-order valence-electron chi connectivity index (χ4n) is 4.23. The molecule has 1 heterocycles. The number of piperidine rings is 1. The van der Waals surface area contributed by atoms with Crippen molar-refractivity contribution < 1.29 is 14.7 Å². The average molecular weight is 358 g/mol. The van der Waals surface area contributed by atoms with Gasteiger partial charge in [0.05, 0.1) is 5.56 Å². The number of nitrogens with zero attached hydrogens (tertiary/aromatic N) is 1. The summed E-state index contributed by atoms with van der Waals surface area (Å²) in [4.78, 5) is 25.6. The van der Waals surface area contributed by atoms with Crippen molar-refractivity contribution in [3.05, 3.63) is 35.4 Å². The maximum Gasteiger partial charge on any atom is 0.335 e. The number of carboxylic acids is 1. The third kappa shape index (κ3) is 5.31. The fraction of sp³-hybridized carbons (Fsp3) is 0.619. The Kier molecular flexibility index (Phi) is 6.67. The predicted octanol–water partition coefficient (Wildman–Crippen LogP) is 3.40. The van der Waals surface area contributed by atoms with E-state index in [4.69, 9.17) is 5.11 Å². The van der Waals surface area contributed by atoms with E-state index < -0.39 is 5.97 Å². The van der Waals surface area contributed by atoms with Gasteiger partial charge in [-0.2, -0.15) is 0 Å². The molecule has 1 saturated heterocycles. The van der Waals surface area contributed by atoms with Gasteiger partial charge in [0.2, 0.25) is 5.91 Å². The molecule has 26 heavy (non-hydrogen) atoms. The summed E-state index contributed by atoms with van der Waals surface area (Å²) in [6.07, 6.45) is 8.84. The van der Waals surface area contributed by atoms with E-state index in [1.165, 1.54) is 24.8 Å². The number of carbonyl (C=O) groups excluding carboxylic acids is 1. The van der Waals surface area contributed by atoms with Crippen molar-refractivity contribution in [2.45, 2.75) is 63.3 Å². The number of hydrogen-bond acceptors (Lipinski definition) is 3. The molecule has 2 aliphatic rings. The molecule has 1 aliphatic carbocycles. The first-order valence-electron chi connectivity index (χ1n) is 9.97. The van der Waals surface area contributed by atoms with E-state index in [0.717, 1.165) is 45.3 Å². The van der Waals surface area contributed by atoms with E-state index in [1.807, 2.05) is 12.1 Å². The van der Waals surface area contributed by atoms with Gasteiger partial charge in [0.1, 0.15) is 0 Å². The molecular formula is C21H30N2O3. The lowest BCUT2D eigenvalue weighted by Crippen LogP contribution is -2.40. The summed E-state index contributed by atoms with van der Waals surface area (Å²) in [6.45, 7) is 2.80. The Bertz CT molecular complexity index is 608. The topological polar surface area (TPSA) is 69.6 Å². The van der Waals surface area contributed by atoms with Gasteiger partial charge in [0, 0.05) is 25.6 Å². The molecule has 0 aromatic heterocycles. The molecule has 3 rings (SSSR count). The number of hydrogen-bond donors (Lipinski definition) is 2. The van der Waals surface area contributed by atoms with E-state index in [9.17, 15) is 9.59 Å². The van der Waals surface area contributed by atoms with E-state index >= 15 is 0 Å². The predicted molar refractivity (Wildman–Crippen MR) is 101 cm³/mol. The van der Waals surface area contributed by atoms with Crippen molar-refractivity contribution in [2.24, 2.45) is 0 Å². The van der Waals surface area contributed by atoms with Crippen LogP contribution in [-0.2, 0) is 4.79 Å². The Hall–Kier alpha value is -1.88. The molecule has 1 saturated carbocycles. The van der Waals surface area contributed by atoms with E-state index in [-0.39, 0.29) is 5.91 Å². The zero-order valence-corrected chi connectivity index (χ0v) is 15.5. The van der Waals surface area contributed by atoms with Crippen molar-refractivity contribution >= 4 is 11.9 Å². The number of benzene rings is 1. The summed E-state index contributed by atoms with van der Waals surface area (Å²) in [7, 11) is 0. The van der Waals surface area contributed by atoms with Crippen LogP contribution in [0.5, 0.6) is 0 Å². The van der Waals surface area contributed by atoms with Crippen LogP contribution in [0, 0.1) is 0 Å². The van der Waals surface area contributed by atoms with Crippen LogP contribution in [0.25, 0.3) is 0 Å². The molecule has 1 atom stereocenters. The Balaban J connectivity index is 1.45. The van der Waals surface area contributed by atoms with Crippen LogP contribution in [0.15, 0.2) is 24.3 Å². The highest BCUT2D eigenvalue weighted by molar-refractivity contribution is 5.87. The first kappa shape index (κ1) is 18.9. The molecule has 1 amide bonds. The van der Waals surface area contributed by atoms with Crippen LogP contribution in [0.1, 0.15) is 73.2 Å². The Morgan fingerprint density at radius 2 is 1.77 bits per heavy atom. The third-order valence-electron chi connectivity index (χ3n) is 5.76. The number of nitrogens with one attached hydrogen (secondary N) is 1. The second kappa shape index (κ2) is 9.17. The molecule has 1 aliphatic heterocycles. The summed E-state index contributed by atoms with van der Waals surface area (Å²) in [6, 6.07) is 7.64. The smallest absolute Gasteiger partial charge is 0.335 e. The molecular weight excluding hydrogens is 328 g/mol. The summed E-state index contributed by atoms with van der Waals surface area (Å²) < 4.78 is 0. The maximum absolute atomic E-state index is 12.2. The van der Waals surface area contributed by atoms with Crippen molar-refractivity contribution in [2.75, 3.05) is 19.6 Å². The SMILES string of the molecule is O=C(CCN1CCC[C@@H](c2ccc(C(=O)O)cc2)C1)NC1CCCCC1. The van der Waals surface area contributed by atoms with Crippen LogP contribution in [-0.4, -0.2) is 47.6 Å². The first-order valence-corrected chi connectivity index (χ1v) is 9.97. The number of aromatic carboxylic acids is 1. The molecule has 0 spiro atoms. The molecule has 2 N–H and O–H groups in total. The first-order chi connectivity index (χ1) is 12.6. The van der Waals surface area contributed by atoms with Gasteiger partial charge >= 0.3 is 5.97 Å². The van der Waals surface area contributed by atoms with Gasteiger partial charge in [-0.05, 0) is 55.8 Å². The lowest BCUT2D eigenvalue weighted by molar-refractivity contribution is -0.122. The molecule has 1 aromatic carbocycles. The summed E-state index contributed by atoms with van der Waals surface area (Å²) in [5, 5.41) is 12.2. The summed E-state index contributed by atoms with van der Waals surface area (Å²) >= 11 is 0. The van der Waals surface area contributed by atoms with Gasteiger partial charge in [0.25, 0.3) is 0 Å². The number of amides is 1. The Morgan fingerprint density at radius 1 is 1.04 bits per heavy atom. The standard InChI is InChI=1S/C21H30N2O3/c24-20(22-19-6-2-1-3-7-19)12-14-23-13-4-5-18(15-23)16-8-10-17(11-9-16)21(25)26/h8-11,18-19H,1-7,12-15H2,(H,22,24)(H,25,26)/t18-/m1/s1. The molecule has 2 fully saturated rings. The van der Waals surface area contributed by atoms with Crippen molar-refractivity contribution in [3.63, 3.8) is 0 Å². The zero-order chi connectivity index (χ0) is 18.4. The summed E-state index contributed by atoms with van der Waals surface area (Å²) in [5.74, 6) is -0.274. The van der Waals surface area contributed by atoms with Crippen molar-refractivity contribution in [1.29, 1.82) is 0 Å². The van der Waals surface area contributed by atoms with Gasteiger partial charge < -0.3 is 15.3 Å². The number of likely N-dealkylation sites (tertiary alicyclic amines) is 1. The molecule has 0 radical (unpaired) electrons. The maximum atomic E-state index is 12.2. The lowest BCUT2D eigenvalue weighted by Gasteiger charge is -2.33. The summed E-state index contributed by atoms with van der Waals surface area (Å²) in [5.41, 5.74) is 1.53. The Morgan fingerprint density at radius 3 is 2.46 bits per heavy atom. The Labute approximate surface area is 155 Å². The van der Waals surface area contributed by atoms with E-state index in [2.05, 4.69) is 10.2 Å². The zero-order valence-electron chi connectivity index (χ0n) is 15.5. The van der Waals surface area contributed by atoms with Gasteiger partial charge in [-0.15, -0.1) is 0 Å². The quantitative estimate of drug-likeness (QED) is 0.818. The molecule has 142 valence electrons. The average Bonchev–Trinajstić information content (AvgIpc) is 2.67. The molecule has 5 heteroatoms. The fourth-order valence-corrected chi connectivity index (χ4v) is 4.23. The van der Waals surface area contributed by atoms with Crippen molar-refractivity contribution in [3.8, 4) is 0 Å². The number of carboxylic acid groups (broad SMARTS) is 1. The van der Waals surface area contributed by atoms with Crippen LogP contribution in [0.2, 0.25) is 0 Å². The number of carbonyl (C=O) groups is 2. The second-order valence-electron chi connectivity index (χ2n) is 7.72. The molecule has 0 bridgehead atoms. The van der Waals surface area contributed by atoms with Crippen LogP contribution >= 0.6 is 0 Å². The monoisotopic (exact) mass is 358 g/mol. The van der Waals surface area contributed by atoms with Gasteiger partial charge in [0.15, 0.2) is 0 Å². The minimum absolute atomic E-state index is 0.185. The van der Waals surface area contributed by atoms with Gasteiger partial charge in [-0.3, -0.25) is 4.79 Å². The van der Waals surface area contributed by atoms with E-state index in [1.54, 1.807) is 12.1 Å². The van der Waals surface area contributed by atoms with E-state index in [0.29, 0.717) is 23.9 Å². The molecule has 0 unspecified atom stereocenters. The van der Waals surface area contributed by atoms with Crippen LogP contribution < -0.4 is 5.32 Å². The highest BCUT2D eigenvalue weighted by Gasteiger charge is 2.22.